The second-order valence-electron chi connectivity index (χ2n) is 4.02. The van der Waals surface area contributed by atoms with Gasteiger partial charge in [0.05, 0.1) is 18.5 Å². The van der Waals surface area contributed by atoms with E-state index in [2.05, 4.69) is 9.97 Å². The molecule has 0 aliphatic carbocycles. The number of nitrogens with zero attached hydrogens (tertiary/aromatic N) is 1. The smallest absolute Gasteiger partial charge is 0.266 e. The molecule has 1 saturated heterocycles. The number of aromatic nitrogens is 2. The number of nitrogens with one attached hydrogen (secondary N) is 1. The zero-order valence-electron chi connectivity index (χ0n) is 9.20. The van der Waals surface area contributed by atoms with Crippen LogP contribution in [0.1, 0.15) is 17.5 Å². The molecule has 94 valence electrons. The molecule has 0 spiro atoms. The van der Waals surface area contributed by atoms with Crippen LogP contribution in [0.3, 0.4) is 0 Å². The minimum Gasteiger partial charge on any atom is -0.394 e. The van der Waals surface area contributed by atoms with Crippen molar-refractivity contribution in [2.75, 3.05) is 6.61 Å². The molecule has 1 aliphatic rings. The summed E-state index contributed by atoms with van der Waals surface area (Å²) in [5.41, 5.74) is 0.470. The van der Waals surface area contributed by atoms with Gasteiger partial charge in [0.2, 0.25) is 0 Å². The minimum absolute atomic E-state index is 0.349. The lowest BCUT2D eigenvalue weighted by Gasteiger charge is -2.15. The molecule has 17 heavy (non-hydrogen) atoms. The van der Waals surface area contributed by atoms with Crippen LogP contribution in [0, 0.1) is 6.92 Å². The van der Waals surface area contributed by atoms with E-state index in [1.165, 1.54) is 0 Å². The van der Waals surface area contributed by atoms with Crippen molar-refractivity contribution in [1.29, 1.82) is 0 Å². The highest BCUT2D eigenvalue weighted by atomic mass is 16.6. The molecule has 1 aliphatic heterocycles. The Bertz CT molecular complexity index is 460. The number of ether oxygens (including phenoxy) is 1. The summed E-state index contributed by atoms with van der Waals surface area (Å²) in [5, 5.41) is 28.3. The number of H-pyrrole nitrogens is 1. The average molecular weight is 242 g/mol. The summed E-state index contributed by atoms with van der Waals surface area (Å²) in [6, 6.07) is 0. The maximum absolute atomic E-state index is 11.0. The molecule has 7 heteroatoms. The molecule has 1 fully saturated rings. The van der Waals surface area contributed by atoms with Crippen molar-refractivity contribution < 1.29 is 20.1 Å². The van der Waals surface area contributed by atoms with Crippen LogP contribution in [-0.2, 0) is 4.74 Å². The zero-order chi connectivity index (χ0) is 12.6. The summed E-state index contributed by atoms with van der Waals surface area (Å²) in [4.78, 5) is 17.4. The predicted octanol–water partition coefficient (Wildman–Crippen LogP) is -1.77. The zero-order valence-corrected chi connectivity index (χ0v) is 9.20. The van der Waals surface area contributed by atoms with Gasteiger partial charge in [-0.1, -0.05) is 0 Å². The van der Waals surface area contributed by atoms with Gasteiger partial charge in [0, 0.05) is 5.69 Å². The Kier molecular flexibility index (Phi) is 3.25. The van der Waals surface area contributed by atoms with Crippen LogP contribution in [0.4, 0.5) is 0 Å². The molecule has 1 aromatic rings. The number of aromatic amines is 1. The fourth-order valence-corrected chi connectivity index (χ4v) is 1.92. The van der Waals surface area contributed by atoms with Crippen molar-refractivity contribution in [3.05, 3.63) is 27.9 Å². The Morgan fingerprint density at radius 2 is 2.18 bits per heavy atom. The lowest BCUT2D eigenvalue weighted by atomic mass is 10.0. The molecule has 4 atom stereocenters. The number of aliphatic hydroxyl groups excluding tert-OH is 3. The van der Waals surface area contributed by atoms with E-state index in [0.29, 0.717) is 11.4 Å². The molecule has 0 amide bonds. The molecule has 0 radical (unpaired) electrons. The molecular formula is C10H14N2O5. The number of aliphatic hydroxyl groups is 3. The fraction of sp³-hybridized carbons (Fsp3) is 0.600. The Morgan fingerprint density at radius 1 is 1.47 bits per heavy atom. The summed E-state index contributed by atoms with van der Waals surface area (Å²) >= 11 is 0. The van der Waals surface area contributed by atoms with E-state index in [0.717, 1.165) is 6.20 Å². The van der Waals surface area contributed by atoms with Gasteiger partial charge < -0.3 is 25.0 Å². The van der Waals surface area contributed by atoms with Crippen molar-refractivity contribution in [1.82, 2.24) is 9.97 Å². The standard InChI is InChI=1S/C10H14N2O5/c1-4-7(11-2-6(14)12-4)10-9(16)8(15)5(3-13)17-10/h2,5,8-10,13,15-16H,3H2,1H3,(H,12,14). The van der Waals surface area contributed by atoms with Gasteiger partial charge in [0.15, 0.2) is 0 Å². The van der Waals surface area contributed by atoms with Crippen molar-refractivity contribution in [2.45, 2.75) is 31.3 Å². The number of aryl methyl sites for hydroxylation is 1. The maximum Gasteiger partial charge on any atom is 0.266 e. The summed E-state index contributed by atoms with van der Waals surface area (Å²) in [5.74, 6) is 0. The molecule has 4 unspecified atom stereocenters. The van der Waals surface area contributed by atoms with Crippen LogP contribution in [-0.4, -0.2) is 50.2 Å². The van der Waals surface area contributed by atoms with E-state index < -0.39 is 31.0 Å². The molecule has 0 aromatic carbocycles. The predicted molar refractivity (Wildman–Crippen MR) is 56.3 cm³/mol. The van der Waals surface area contributed by atoms with Crippen LogP contribution in [0.5, 0.6) is 0 Å². The first kappa shape index (κ1) is 12.2. The molecule has 7 nitrogen and oxygen atoms in total. The molecule has 0 saturated carbocycles. The van der Waals surface area contributed by atoms with Crippen molar-refractivity contribution in [3.63, 3.8) is 0 Å². The SMILES string of the molecule is Cc1[nH]c(=O)cnc1C1OC(CO)C(O)C1O. The minimum atomic E-state index is -1.18. The van der Waals surface area contributed by atoms with Crippen molar-refractivity contribution in [2.24, 2.45) is 0 Å². The Labute approximate surface area is 96.7 Å². The quantitative estimate of drug-likeness (QED) is 0.488. The van der Waals surface area contributed by atoms with E-state index >= 15 is 0 Å². The number of rotatable bonds is 2. The summed E-state index contributed by atoms with van der Waals surface area (Å²) in [6.45, 7) is 1.23. The third kappa shape index (κ3) is 2.09. The van der Waals surface area contributed by atoms with Gasteiger partial charge >= 0.3 is 0 Å². The first-order chi connectivity index (χ1) is 8.04. The third-order valence-corrected chi connectivity index (χ3v) is 2.83. The lowest BCUT2D eigenvalue weighted by molar-refractivity contribution is -0.0242. The maximum atomic E-state index is 11.0. The van der Waals surface area contributed by atoms with E-state index in [1.54, 1.807) is 6.92 Å². The second-order valence-corrected chi connectivity index (χ2v) is 4.02. The monoisotopic (exact) mass is 242 g/mol. The summed E-state index contributed by atoms with van der Waals surface area (Å²) in [7, 11) is 0. The summed E-state index contributed by atoms with van der Waals surface area (Å²) in [6.07, 6.45) is -2.96. The highest BCUT2D eigenvalue weighted by Crippen LogP contribution is 2.32. The molecule has 2 rings (SSSR count). The fourth-order valence-electron chi connectivity index (χ4n) is 1.92. The van der Waals surface area contributed by atoms with E-state index in [1.807, 2.05) is 0 Å². The largest absolute Gasteiger partial charge is 0.394 e. The highest BCUT2D eigenvalue weighted by Gasteiger charge is 2.44. The Morgan fingerprint density at radius 3 is 2.71 bits per heavy atom. The highest BCUT2D eigenvalue weighted by molar-refractivity contribution is 5.16. The normalized spacial score (nSPS) is 32.9. The second kappa shape index (κ2) is 4.53. The molecule has 2 heterocycles. The van der Waals surface area contributed by atoms with Crippen LogP contribution >= 0.6 is 0 Å². The van der Waals surface area contributed by atoms with Gasteiger partial charge in [0.1, 0.15) is 24.4 Å². The molecule has 0 bridgehead atoms. The van der Waals surface area contributed by atoms with Gasteiger partial charge in [-0.05, 0) is 6.92 Å². The van der Waals surface area contributed by atoms with Crippen LogP contribution < -0.4 is 5.56 Å². The van der Waals surface area contributed by atoms with Gasteiger partial charge in [-0.15, -0.1) is 0 Å². The van der Waals surface area contributed by atoms with Crippen molar-refractivity contribution in [3.8, 4) is 0 Å². The van der Waals surface area contributed by atoms with Gasteiger partial charge in [-0.2, -0.15) is 0 Å². The number of hydrogen-bond acceptors (Lipinski definition) is 6. The first-order valence-electron chi connectivity index (χ1n) is 5.23. The van der Waals surface area contributed by atoms with Crippen LogP contribution in [0.15, 0.2) is 11.0 Å². The summed E-state index contributed by atoms with van der Waals surface area (Å²) < 4.78 is 5.31. The first-order valence-corrected chi connectivity index (χ1v) is 5.23. The molecular weight excluding hydrogens is 228 g/mol. The van der Waals surface area contributed by atoms with Gasteiger partial charge in [-0.25, -0.2) is 0 Å². The molecule has 1 aromatic heterocycles. The molecule has 4 N–H and O–H groups in total. The third-order valence-electron chi connectivity index (χ3n) is 2.83. The van der Waals surface area contributed by atoms with E-state index in [4.69, 9.17) is 9.84 Å². The van der Waals surface area contributed by atoms with Gasteiger partial charge in [-0.3, -0.25) is 9.78 Å². The van der Waals surface area contributed by atoms with Gasteiger partial charge in [0.25, 0.3) is 5.56 Å². The van der Waals surface area contributed by atoms with E-state index in [9.17, 15) is 15.0 Å². The van der Waals surface area contributed by atoms with Crippen LogP contribution in [0.25, 0.3) is 0 Å². The van der Waals surface area contributed by atoms with Crippen molar-refractivity contribution >= 4 is 0 Å². The van der Waals surface area contributed by atoms with E-state index in [-0.39, 0.29) is 5.56 Å². The number of hydrogen-bond donors (Lipinski definition) is 4. The average Bonchev–Trinajstić information content (AvgIpc) is 2.57. The van der Waals surface area contributed by atoms with Crippen LogP contribution in [0.2, 0.25) is 0 Å². The topological polar surface area (TPSA) is 116 Å². The Hall–Kier alpha value is -1.28. The lowest BCUT2D eigenvalue weighted by Crippen LogP contribution is -2.32. The Balaban J connectivity index is 2.32.